The molecule has 0 aromatic rings. The van der Waals surface area contributed by atoms with Crippen LogP contribution in [0.2, 0.25) is 0 Å². The van der Waals surface area contributed by atoms with Crippen molar-refractivity contribution in [2.24, 2.45) is 5.92 Å². The molecule has 0 saturated heterocycles. The van der Waals surface area contributed by atoms with Gasteiger partial charge >= 0.3 is 0 Å². The van der Waals surface area contributed by atoms with E-state index in [1.54, 1.807) is 0 Å². The molecule has 1 fully saturated rings. The number of hydrogen-bond donors (Lipinski definition) is 0. The zero-order valence-electron chi connectivity index (χ0n) is 10.4. The van der Waals surface area contributed by atoms with Gasteiger partial charge in [0.15, 0.2) is 0 Å². The highest BCUT2D eigenvalue weighted by Gasteiger charge is 2.37. The SMILES string of the molecule is C=COCC1CCC(COC=C)(OC=C)CC1. The molecule has 0 bridgehead atoms. The van der Waals surface area contributed by atoms with Crippen molar-refractivity contribution in [1.29, 1.82) is 0 Å². The Morgan fingerprint density at radius 2 is 1.65 bits per heavy atom. The first kappa shape index (κ1) is 13.7. The summed E-state index contributed by atoms with van der Waals surface area (Å²) in [6.45, 7) is 12.0. The van der Waals surface area contributed by atoms with Crippen LogP contribution < -0.4 is 0 Å². The van der Waals surface area contributed by atoms with E-state index < -0.39 is 0 Å². The molecule has 0 amide bonds. The Morgan fingerprint density at radius 1 is 1.00 bits per heavy atom. The van der Waals surface area contributed by atoms with Gasteiger partial charge in [-0.25, -0.2) is 0 Å². The Kier molecular flexibility index (Phi) is 5.67. The molecule has 3 heteroatoms. The fourth-order valence-corrected chi connectivity index (χ4v) is 2.26. The van der Waals surface area contributed by atoms with Crippen molar-refractivity contribution in [1.82, 2.24) is 0 Å². The van der Waals surface area contributed by atoms with Gasteiger partial charge in [0.05, 0.1) is 25.4 Å². The normalized spacial score (nSPS) is 27.9. The number of rotatable bonds is 8. The van der Waals surface area contributed by atoms with Crippen LogP contribution >= 0.6 is 0 Å². The van der Waals surface area contributed by atoms with Crippen LogP contribution in [-0.4, -0.2) is 18.8 Å². The molecule has 17 heavy (non-hydrogen) atoms. The van der Waals surface area contributed by atoms with Crippen molar-refractivity contribution in [2.75, 3.05) is 13.2 Å². The van der Waals surface area contributed by atoms with Crippen LogP contribution in [-0.2, 0) is 14.2 Å². The van der Waals surface area contributed by atoms with Gasteiger partial charge in [0.25, 0.3) is 0 Å². The van der Waals surface area contributed by atoms with E-state index in [-0.39, 0.29) is 5.60 Å². The molecule has 0 aromatic carbocycles. The lowest BCUT2D eigenvalue weighted by Gasteiger charge is -2.38. The molecule has 0 aromatic heterocycles. The Hall–Kier alpha value is -1.38. The fourth-order valence-electron chi connectivity index (χ4n) is 2.26. The zero-order valence-corrected chi connectivity index (χ0v) is 10.4. The van der Waals surface area contributed by atoms with E-state index in [9.17, 15) is 0 Å². The van der Waals surface area contributed by atoms with Crippen LogP contribution in [0.3, 0.4) is 0 Å². The second-order valence-electron chi connectivity index (χ2n) is 4.39. The lowest BCUT2D eigenvalue weighted by Crippen LogP contribution is -2.40. The molecule has 1 aliphatic rings. The minimum absolute atomic E-state index is 0.235. The standard InChI is InChI=1S/C14H22O3/c1-4-15-11-13-7-9-14(10-8-13,17-6-3)12-16-5-2/h4-6,13H,1-3,7-12H2. The van der Waals surface area contributed by atoms with E-state index in [1.165, 1.54) is 18.8 Å². The number of hydrogen-bond acceptors (Lipinski definition) is 3. The summed E-state index contributed by atoms with van der Waals surface area (Å²) in [5, 5.41) is 0. The van der Waals surface area contributed by atoms with Crippen molar-refractivity contribution in [3.63, 3.8) is 0 Å². The molecular formula is C14H22O3. The van der Waals surface area contributed by atoms with Crippen molar-refractivity contribution in [2.45, 2.75) is 31.3 Å². The van der Waals surface area contributed by atoms with Gasteiger partial charge in [-0.3, -0.25) is 0 Å². The highest BCUT2D eigenvalue weighted by atomic mass is 16.5. The van der Waals surface area contributed by atoms with Gasteiger partial charge in [0, 0.05) is 0 Å². The van der Waals surface area contributed by atoms with Gasteiger partial charge in [-0.05, 0) is 31.6 Å². The Morgan fingerprint density at radius 3 is 2.18 bits per heavy atom. The first-order valence-corrected chi connectivity index (χ1v) is 6.00. The molecule has 0 aliphatic heterocycles. The Balaban J connectivity index is 2.44. The fraction of sp³-hybridized carbons (Fsp3) is 0.571. The second-order valence-corrected chi connectivity index (χ2v) is 4.39. The summed E-state index contributed by atoms with van der Waals surface area (Å²) >= 11 is 0. The molecule has 0 unspecified atom stereocenters. The lowest BCUT2D eigenvalue weighted by molar-refractivity contribution is -0.0687. The maximum absolute atomic E-state index is 5.66. The minimum atomic E-state index is -0.235. The van der Waals surface area contributed by atoms with Gasteiger partial charge in [0.2, 0.25) is 0 Å². The van der Waals surface area contributed by atoms with E-state index in [2.05, 4.69) is 19.7 Å². The summed E-state index contributed by atoms with van der Waals surface area (Å²) in [4.78, 5) is 0. The second kappa shape index (κ2) is 7.05. The van der Waals surface area contributed by atoms with E-state index in [0.717, 1.165) is 32.3 Å². The largest absolute Gasteiger partial charge is 0.502 e. The van der Waals surface area contributed by atoms with Crippen molar-refractivity contribution >= 4 is 0 Å². The molecule has 3 nitrogen and oxygen atoms in total. The first-order chi connectivity index (χ1) is 8.26. The third-order valence-electron chi connectivity index (χ3n) is 3.26. The molecule has 0 N–H and O–H groups in total. The van der Waals surface area contributed by atoms with Gasteiger partial charge in [0.1, 0.15) is 12.2 Å². The molecule has 1 saturated carbocycles. The topological polar surface area (TPSA) is 27.7 Å². The molecule has 1 rings (SSSR count). The van der Waals surface area contributed by atoms with Crippen LogP contribution in [0.25, 0.3) is 0 Å². The monoisotopic (exact) mass is 238 g/mol. The first-order valence-electron chi connectivity index (χ1n) is 6.00. The van der Waals surface area contributed by atoms with Gasteiger partial charge in [-0.1, -0.05) is 19.7 Å². The van der Waals surface area contributed by atoms with Gasteiger partial charge in [-0.15, -0.1) is 0 Å². The third-order valence-corrected chi connectivity index (χ3v) is 3.26. The van der Waals surface area contributed by atoms with Gasteiger partial charge < -0.3 is 14.2 Å². The van der Waals surface area contributed by atoms with E-state index in [0.29, 0.717) is 12.5 Å². The smallest absolute Gasteiger partial charge is 0.142 e. The van der Waals surface area contributed by atoms with Gasteiger partial charge in [-0.2, -0.15) is 0 Å². The van der Waals surface area contributed by atoms with Crippen LogP contribution in [0, 0.1) is 5.92 Å². The van der Waals surface area contributed by atoms with Crippen LogP contribution in [0.5, 0.6) is 0 Å². The molecule has 1 aliphatic carbocycles. The molecule has 0 atom stereocenters. The number of ether oxygens (including phenoxy) is 3. The van der Waals surface area contributed by atoms with Crippen molar-refractivity contribution in [3.8, 4) is 0 Å². The highest BCUT2D eigenvalue weighted by Crippen LogP contribution is 2.35. The molecule has 96 valence electrons. The van der Waals surface area contributed by atoms with Crippen LogP contribution in [0.1, 0.15) is 25.7 Å². The zero-order chi connectivity index (χ0) is 12.6. The third kappa shape index (κ3) is 4.17. The molecule has 0 heterocycles. The Bertz CT molecular complexity index is 252. The molecule has 0 radical (unpaired) electrons. The van der Waals surface area contributed by atoms with Crippen LogP contribution in [0.15, 0.2) is 38.5 Å². The molecular weight excluding hydrogens is 216 g/mol. The quantitative estimate of drug-likeness (QED) is 0.607. The van der Waals surface area contributed by atoms with Crippen molar-refractivity contribution in [3.05, 3.63) is 38.5 Å². The summed E-state index contributed by atoms with van der Waals surface area (Å²) in [7, 11) is 0. The van der Waals surface area contributed by atoms with E-state index in [4.69, 9.17) is 14.2 Å². The average Bonchev–Trinajstić information content (AvgIpc) is 2.36. The average molecular weight is 238 g/mol. The minimum Gasteiger partial charge on any atom is -0.502 e. The predicted molar refractivity (Wildman–Crippen MR) is 68.3 cm³/mol. The summed E-state index contributed by atoms with van der Waals surface area (Å²) in [5.74, 6) is 0.582. The Labute approximate surface area is 104 Å². The van der Waals surface area contributed by atoms with E-state index >= 15 is 0 Å². The molecule has 0 spiro atoms. The van der Waals surface area contributed by atoms with Crippen molar-refractivity contribution < 1.29 is 14.2 Å². The summed E-state index contributed by atoms with van der Waals surface area (Å²) in [6, 6.07) is 0. The highest BCUT2D eigenvalue weighted by molar-refractivity contribution is 4.89. The summed E-state index contributed by atoms with van der Waals surface area (Å²) < 4.78 is 16.2. The maximum Gasteiger partial charge on any atom is 0.142 e. The van der Waals surface area contributed by atoms with E-state index in [1.807, 2.05) is 0 Å². The van der Waals surface area contributed by atoms with Crippen LogP contribution in [0.4, 0.5) is 0 Å². The summed E-state index contributed by atoms with van der Waals surface area (Å²) in [6.07, 6.45) is 8.53. The predicted octanol–water partition coefficient (Wildman–Crippen LogP) is 3.40. The summed E-state index contributed by atoms with van der Waals surface area (Å²) in [5.41, 5.74) is -0.235. The lowest BCUT2D eigenvalue weighted by atomic mass is 9.79. The maximum atomic E-state index is 5.66.